The Hall–Kier alpha value is -2.03. The number of nitrogens with one attached hydrogen (secondary N) is 1. The third-order valence-corrected chi connectivity index (χ3v) is 5.09. The average molecular weight is 395 g/mol. The van der Waals surface area contributed by atoms with Gasteiger partial charge in [-0.3, -0.25) is 9.59 Å². The van der Waals surface area contributed by atoms with Gasteiger partial charge in [-0.2, -0.15) is 0 Å². The van der Waals surface area contributed by atoms with Crippen LogP contribution in [0.25, 0.3) is 0 Å². The number of aliphatic hydroxyl groups is 1. The van der Waals surface area contributed by atoms with Gasteiger partial charge in [0.05, 0.1) is 6.61 Å². The topological polar surface area (TPSA) is 82.1 Å². The van der Waals surface area contributed by atoms with Crippen molar-refractivity contribution in [2.75, 3.05) is 46.9 Å². The molecule has 28 heavy (non-hydrogen) atoms. The molecule has 1 heterocycles. The molecule has 7 nitrogen and oxygen atoms in total. The van der Waals surface area contributed by atoms with Gasteiger partial charge in [-0.1, -0.05) is 0 Å². The number of aliphatic hydroxyl groups excluding tert-OH is 1. The Balaban J connectivity index is 1.92. The third kappa shape index (κ3) is 6.25. The van der Waals surface area contributed by atoms with E-state index in [0.29, 0.717) is 25.3 Å². The van der Waals surface area contributed by atoms with Crippen molar-refractivity contribution in [2.45, 2.75) is 31.4 Å². The van der Waals surface area contributed by atoms with Crippen molar-refractivity contribution in [3.63, 3.8) is 0 Å². The number of ether oxygens (including phenoxy) is 1. The van der Waals surface area contributed by atoms with Crippen molar-refractivity contribution in [1.82, 2.24) is 15.1 Å². The van der Waals surface area contributed by atoms with E-state index in [4.69, 9.17) is 9.84 Å². The van der Waals surface area contributed by atoms with Gasteiger partial charge in [0.1, 0.15) is 0 Å². The number of hydrogen-bond acceptors (Lipinski definition) is 6. The van der Waals surface area contributed by atoms with E-state index in [0.717, 1.165) is 32.0 Å². The monoisotopic (exact) mass is 395 g/mol. The maximum absolute atomic E-state index is 14.4. The molecular formula is C20H30FN3O4. The Morgan fingerprint density at radius 3 is 2.68 bits per heavy atom. The maximum Gasteiger partial charge on any atom is 0.253 e. The molecule has 1 fully saturated rings. The van der Waals surface area contributed by atoms with Crippen LogP contribution in [0.2, 0.25) is 0 Å². The molecule has 0 aliphatic carbocycles. The molecule has 8 heteroatoms. The Morgan fingerprint density at radius 2 is 2.07 bits per heavy atom. The Kier molecular flexibility index (Phi) is 8.82. The van der Waals surface area contributed by atoms with Crippen molar-refractivity contribution in [3.05, 3.63) is 29.6 Å². The molecule has 1 aliphatic rings. The van der Waals surface area contributed by atoms with Crippen molar-refractivity contribution in [3.8, 4) is 5.75 Å². The predicted molar refractivity (Wildman–Crippen MR) is 104 cm³/mol. The third-order valence-electron chi connectivity index (χ3n) is 5.09. The van der Waals surface area contributed by atoms with Gasteiger partial charge in [-0.25, -0.2) is 4.39 Å². The van der Waals surface area contributed by atoms with Crippen molar-refractivity contribution < 1.29 is 23.8 Å². The highest BCUT2D eigenvalue weighted by Crippen LogP contribution is 2.21. The van der Waals surface area contributed by atoms with Crippen molar-refractivity contribution in [2.24, 2.45) is 0 Å². The van der Waals surface area contributed by atoms with Crippen LogP contribution in [0.1, 0.15) is 29.6 Å². The van der Waals surface area contributed by atoms with Crippen LogP contribution in [0.15, 0.2) is 18.2 Å². The van der Waals surface area contributed by atoms with Crippen LogP contribution in [-0.4, -0.2) is 86.1 Å². The smallest absolute Gasteiger partial charge is 0.253 e. The second-order valence-corrected chi connectivity index (χ2v) is 7.14. The largest absolute Gasteiger partial charge is 0.480 e. The molecule has 1 aliphatic heterocycles. The normalized spacial score (nSPS) is 16.0. The van der Waals surface area contributed by atoms with Crippen LogP contribution >= 0.6 is 0 Å². The summed E-state index contributed by atoms with van der Waals surface area (Å²) in [7, 11) is 3.56. The fourth-order valence-electron chi connectivity index (χ4n) is 3.28. The van der Waals surface area contributed by atoms with E-state index < -0.39 is 17.8 Å². The number of halogens is 1. The van der Waals surface area contributed by atoms with Gasteiger partial charge in [0, 0.05) is 38.2 Å². The number of rotatable bonds is 10. The van der Waals surface area contributed by atoms with Crippen LogP contribution in [-0.2, 0) is 4.79 Å². The van der Waals surface area contributed by atoms with Gasteiger partial charge < -0.3 is 25.0 Å². The second kappa shape index (κ2) is 11.1. The minimum absolute atomic E-state index is 0.0528. The van der Waals surface area contributed by atoms with Crippen LogP contribution < -0.4 is 10.1 Å². The lowest BCUT2D eigenvalue weighted by Gasteiger charge is -2.32. The molecule has 0 radical (unpaired) electrons. The molecule has 1 aromatic carbocycles. The zero-order valence-electron chi connectivity index (χ0n) is 16.6. The number of benzene rings is 1. The number of carbonyl (C=O) groups excluding carboxylic acids is 2. The van der Waals surface area contributed by atoms with E-state index in [2.05, 4.69) is 10.2 Å². The van der Waals surface area contributed by atoms with Gasteiger partial charge in [0.2, 0.25) is 0 Å². The lowest BCUT2D eigenvalue weighted by Crippen LogP contribution is -2.42. The summed E-state index contributed by atoms with van der Waals surface area (Å²) in [5.41, 5.74) is 0.161. The first-order valence-electron chi connectivity index (χ1n) is 9.65. The summed E-state index contributed by atoms with van der Waals surface area (Å²) < 4.78 is 19.9. The summed E-state index contributed by atoms with van der Waals surface area (Å²) in [6.45, 7) is 2.66. The van der Waals surface area contributed by atoms with E-state index in [-0.39, 0.29) is 24.5 Å². The fraction of sp³-hybridized carbons (Fsp3) is 0.600. The first kappa shape index (κ1) is 22.3. The number of amides is 1. The summed E-state index contributed by atoms with van der Waals surface area (Å²) in [6, 6.07) is 4.39. The van der Waals surface area contributed by atoms with Gasteiger partial charge in [-0.15, -0.1) is 0 Å². The van der Waals surface area contributed by atoms with E-state index in [9.17, 15) is 14.0 Å². The fourth-order valence-corrected chi connectivity index (χ4v) is 3.28. The minimum Gasteiger partial charge on any atom is -0.480 e. The Labute approximate surface area is 165 Å². The zero-order valence-corrected chi connectivity index (χ0v) is 16.6. The molecule has 1 unspecified atom stereocenters. The quantitative estimate of drug-likeness (QED) is 0.573. The second-order valence-electron chi connectivity index (χ2n) is 7.14. The molecule has 0 spiro atoms. The van der Waals surface area contributed by atoms with Crippen LogP contribution in [0.3, 0.4) is 0 Å². The maximum atomic E-state index is 14.4. The average Bonchev–Trinajstić information content (AvgIpc) is 2.72. The summed E-state index contributed by atoms with van der Waals surface area (Å²) in [5, 5.41) is 12.2. The van der Waals surface area contributed by atoms with Crippen molar-refractivity contribution >= 4 is 12.2 Å². The molecule has 1 aromatic rings. The van der Waals surface area contributed by atoms with Gasteiger partial charge >= 0.3 is 0 Å². The molecule has 156 valence electrons. The number of hydrogen-bond donors (Lipinski definition) is 2. The highest BCUT2D eigenvalue weighted by molar-refractivity contribution is 5.94. The summed E-state index contributed by atoms with van der Waals surface area (Å²) >= 11 is 0. The molecule has 2 N–H and O–H groups in total. The number of carbonyl (C=O) groups is 2. The number of aldehydes is 1. The van der Waals surface area contributed by atoms with Gasteiger partial charge in [0.25, 0.3) is 5.91 Å². The van der Waals surface area contributed by atoms with Crippen LogP contribution in [0.4, 0.5) is 4.39 Å². The molecule has 0 aromatic heterocycles. The molecule has 2 rings (SSSR count). The first-order valence-corrected chi connectivity index (χ1v) is 9.65. The highest BCUT2D eigenvalue weighted by Gasteiger charge is 2.20. The Morgan fingerprint density at radius 1 is 1.36 bits per heavy atom. The molecule has 1 amide bonds. The summed E-state index contributed by atoms with van der Waals surface area (Å²) in [4.78, 5) is 27.1. The highest BCUT2D eigenvalue weighted by atomic mass is 19.1. The van der Waals surface area contributed by atoms with E-state index in [1.54, 1.807) is 0 Å². The standard InChI is InChI=1S/C20H30FN3O4/c1-23(16-5-8-22-9-6-16)10-7-17(14-26)28-19-4-3-15(13-18(19)21)20(27)24(2)11-12-25/h3-4,13-14,16-17,22,25H,5-12H2,1-2H3. The molecule has 1 atom stereocenters. The zero-order chi connectivity index (χ0) is 20.5. The molecule has 0 bridgehead atoms. The molecular weight excluding hydrogens is 365 g/mol. The summed E-state index contributed by atoms with van der Waals surface area (Å²) in [6.07, 6.45) is 2.53. The number of nitrogens with zero attached hydrogens (tertiary/aromatic N) is 2. The SMILES string of the molecule is CN(CCO)C(=O)c1ccc(OC(C=O)CCN(C)C2CCNCC2)c(F)c1. The van der Waals surface area contributed by atoms with Crippen molar-refractivity contribution in [1.29, 1.82) is 0 Å². The molecule has 1 saturated heterocycles. The van der Waals surface area contributed by atoms with Gasteiger partial charge in [-0.05, 0) is 51.2 Å². The lowest BCUT2D eigenvalue weighted by atomic mass is 10.0. The molecule has 0 saturated carbocycles. The summed E-state index contributed by atoms with van der Waals surface area (Å²) in [5.74, 6) is -1.14. The van der Waals surface area contributed by atoms with Gasteiger partial charge in [0.15, 0.2) is 24.0 Å². The number of likely N-dealkylation sites (N-methyl/N-ethyl adjacent to an activating group) is 1. The predicted octanol–water partition coefficient (Wildman–Crippen LogP) is 0.910. The van der Waals surface area contributed by atoms with Crippen LogP contribution in [0, 0.1) is 5.82 Å². The van der Waals surface area contributed by atoms with E-state index in [1.807, 2.05) is 7.05 Å². The van der Waals surface area contributed by atoms with E-state index >= 15 is 0 Å². The number of piperidine rings is 1. The first-order chi connectivity index (χ1) is 13.5. The van der Waals surface area contributed by atoms with Crippen LogP contribution in [0.5, 0.6) is 5.75 Å². The van der Waals surface area contributed by atoms with E-state index in [1.165, 1.54) is 24.1 Å². The Bertz CT molecular complexity index is 652. The lowest BCUT2D eigenvalue weighted by molar-refractivity contribution is -0.114. The minimum atomic E-state index is -0.753.